The lowest BCUT2D eigenvalue weighted by Crippen LogP contribution is -2.29. The molecule has 0 bridgehead atoms. The molecule has 0 saturated heterocycles. The van der Waals surface area contributed by atoms with Crippen molar-refractivity contribution in [1.29, 1.82) is 0 Å². The van der Waals surface area contributed by atoms with Gasteiger partial charge in [-0.05, 0) is 99.3 Å². The summed E-state index contributed by atoms with van der Waals surface area (Å²) in [6.45, 7) is 12.0. The molecule has 3 atom stereocenters. The van der Waals surface area contributed by atoms with Gasteiger partial charge in [0.05, 0.1) is 61.5 Å². The fourth-order valence-corrected chi connectivity index (χ4v) is 10.7. The molecule has 376 valence electrons. The van der Waals surface area contributed by atoms with E-state index in [0.717, 1.165) is 72.4 Å². The van der Waals surface area contributed by atoms with E-state index in [4.69, 9.17) is 18.9 Å². The fourth-order valence-electron chi connectivity index (χ4n) is 9.74. The molecule has 1 saturated carbocycles. The number of hydrogen-bond acceptors (Lipinski definition) is 12. The lowest BCUT2D eigenvalue weighted by Gasteiger charge is -2.27. The van der Waals surface area contributed by atoms with Crippen molar-refractivity contribution in [3.8, 4) is 11.8 Å². The molecule has 2 amide bonds. The zero-order valence-corrected chi connectivity index (χ0v) is 42.1. The number of nitrogens with zero attached hydrogens (tertiary/aromatic N) is 2. The monoisotopic (exact) mass is 992 g/mol. The van der Waals surface area contributed by atoms with E-state index in [9.17, 15) is 35.5 Å². The summed E-state index contributed by atoms with van der Waals surface area (Å²) in [5.74, 6) is 8.07. The largest absolute Gasteiger partial charge is 0.744 e. The molecule has 2 aliphatic carbocycles. The molecule has 16 nitrogen and oxygen atoms in total. The van der Waals surface area contributed by atoms with E-state index in [1.165, 1.54) is 24.3 Å². The van der Waals surface area contributed by atoms with Crippen LogP contribution < -0.4 is 15.5 Å². The number of nitrogens with one attached hydrogen (secondary N) is 2. The van der Waals surface area contributed by atoms with Gasteiger partial charge in [-0.3, -0.25) is 9.35 Å². The van der Waals surface area contributed by atoms with Gasteiger partial charge in [0, 0.05) is 73.4 Å². The van der Waals surface area contributed by atoms with Gasteiger partial charge in [0.15, 0.2) is 5.71 Å². The van der Waals surface area contributed by atoms with Crippen molar-refractivity contribution in [1.82, 2.24) is 10.6 Å². The first-order valence-corrected chi connectivity index (χ1v) is 26.7. The minimum atomic E-state index is -4.61. The van der Waals surface area contributed by atoms with Gasteiger partial charge in [-0.15, -0.1) is 11.8 Å². The van der Waals surface area contributed by atoms with Gasteiger partial charge in [0.2, 0.25) is 11.6 Å². The Morgan fingerprint density at radius 3 is 2.09 bits per heavy atom. The second-order valence-corrected chi connectivity index (χ2v) is 21.7. The Bertz CT molecular complexity index is 2570. The van der Waals surface area contributed by atoms with Gasteiger partial charge in [0.25, 0.3) is 10.1 Å². The number of rotatable bonds is 25. The molecular weight excluding hydrogens is 925 g/mol. The molecule has 2 heterocycles. The number of amides is 2. The Kier molecular flexibility index (Phi) is 18.5. The molecule has 4 aliphatic rings. The average Bonchev–Trinajstić information content (AvgIpc) is 3.82. The van der Waals surface area contributed by atoms with Crippen LogP contribution in [0.2, 0.25) is 0 Å². The highest BCUT2D eigenvalue weighted by atomic mass is 32.2. The predicted octanol–water partition coefficient (Wildman–Crippen LogP) is 6.53. The van der Waals surface area contributed by atoms with Gasteiger partial charge in [-0.2, -0.15) is 13.0 Å². The summed E-state index contributed by atoms with van der Waals surface area (Å²) in [6.07, 6.45) is 15.9. The minimum Gasteiger partial charge on any atom is -0.744 e. The molecule has 2 aliphatic heterocycles. The van der Waals surface area contributed by atoms with Gasteiger partial charge >= 0.3 is 6.09 Å². The molecule has 18 heteroatoms. The second-order valence-electron chi connectivity index (χ2n) is 18.9. The van der Waals surface area contributed by atoms with Gasteiger partial charge in [-0.1, -0.05) is 38.5 Å². The van der Waals surface area contributed by atoms with Gasteiger partial charge in [-0.25, -0.2) is 13.2 Å². The summed E-state index contributed by atoms with van der Waals surface area (Å²) in [6, 6.07) is 9.08. The summed E-state index contributed by atoms with van der Waals surface area (Å²) >= 11 is 0. The van der Waals surface area contributed by atoms with E-state index in [-0.39, 0.29) is 15.7 Å². The number of carbonyl (C=O) groups is 2. The van der Waals surface area contributed by atoms with Crippen molar-refractivity contribution in [2.24, 2.45) is 17.8 Å². The lowest BCUT2D eigenvalue weighted by atomic mass is 9.81. The van der Waals surface area contributed by atoms with Crippen LogP contribution in [0.25, 0.3) is 0 Å². The topological polar surface area (TPSA) is 213 Å². The van der Waals surface area contributed by atoms with Crippen molar-refractivity contribution >= 4 is 49.3 Å². The highest BCUT2D eigenvalue weighted by molar-refractivity contribution is 7.86. The van der Waals surface area contributed by atoms with Crippen LogP contribution in [0.5, 0.6) is 0 Å². The van der Waals surface area contributed by atoms with E-state index < -0.39 is 37.2 Å². The van der Waals surface area contributed by atoms with Crippen LogP contribution in [-0.2, 0) is 54.8 Å². The molecule has 2 aromatic rings. The maximum Gasteiger partial charge on any atom is 0.407 e. The molecule has 69 heavy (non-hydrogen) atoms. The van der Waals surface area contributed by atoms with E-state index in [0.29, 0.717) is 96.5 Å². The number of alkyl carbamates (subject to hydrolysis) is 1. The van der Waals surface area contributed by atoms with Crippen molar-refractivity contribution < 1.29 is 59.1 Å². The van der Waals surface area contributed by atoms with E-state index in [2.05, 4.69) is 27.4 Å². The third-order valence-corrected chi connectivity index (χ3v) is 15.2. The standard InChI is InChI=1S/C51H68N4O12S2/c1-50(2)42-34-37(68(58,59)60)21-23-44(42)54(5)46(50)18-12-8-13-19-47-51(3,4)43-35-38(69(61,62)63)22-24-45(43)55(47)27-15-9-14-20-48(56)52-25-28-64-30-32-66-33-31-65-29-26-53-49(57)67-36-41-39-16-10-6-7-11-17-40(39)41/h8,12-13,18-19,21-24,34-35,39-41H,9-11,14-17,20,25-33,36H2,1-5H3,(H3-,52,53,56,57,58,59,60,61,62,63)/t39-,40+,41?. The Labute approximate surface area is 408 Å². The van der Waals surface area contributed by atoms with Crippen LogP contribution >= 0.6 is 0 Å². The van der Waals surface area contributed by atoms with Crippen molar-refractivity contribution in [3.63, 3.8) is 0 Å². The fraction of sp³-hybridized carbons (Fsp3) is 0.549. The zero-order chi connectivity index (χ0) is 49.8. The van der Waals surface area contributed by atoms with Crippen LogP contribution in [0, 0.1) is 29.6 Å². The smallest absolute Gasteiger partial charge is 0.407 e. The number of anilines is 1. The minimum absolute atomic E-state index is 0.0600. The highest BCUT2D eigenvalue weighted by Gasteiger charge is 2.49. The van der Waals surface area contributed by atoms with Crippen LogP contribution in [0.4, 0.5) is 16.2 Å². The molecule has 1 fully saturated rings. The number of hydrogen-bond donors (Lipinski definition) is 3. The Balaban J connectivity index is 0.860. The number of ether oxygens (including phenoxy) is 4. The van der Waals surface area contributed by atoms with Gasteiger partial charge < -0.3 is 39.0 Å². The maximum absolute atomic E-state index is 12.6. The number of carbonyl (C=O) groups excluding carboxylic acids is 2. The molecule has 0 radical (unpaired) electrons. The first kappa shape index (κ1) is 53.5. The lowest BCUT2D eigenvalue weighted by molar-refractivity contribution is -0.401. The second kappa shape index (κ2) is 23.8. The van der Waals surface area contributed by atoms with E-state index in [1.54, 1.807) is 12.1 Å². The Morgan fingerprint density at radius 2 is 1.43 bits per heavy atom. The van der Waals surface area contributed by atoms with Crippen LogP contribution in [0.15, 0.2) is 82.3 Å². The third-order valence-electron chi connectivity index (χ3n) is 13.5. The van der Waals surface area contributed by atoms with Crippen molar-refractivity contribution in [2.45, 2.75) is 99.7 Å². The van der Waals surface area contributed by atoms with Crippen molar-refractivity contribution in [2.75, 3.05) is 77.8 Å². The quantitative estimate of drug-likeness (QED) is 0.0318. The third kappa shape index (κ3) is 14.1. The van der Waals surface area contributed by atoms with E-state index >= 15 is 0 Å². The molecular formula is C51H68N4O12S2. The number of allylic oxidation sites excluding steroid dienone is 6. The molecule has 3 N–H and O–H groups in total. The predicted molar refractivity (Wildman–Crippen MR) is 261 cm³/mol. The Morgan fingerprint density at radius 1 is 0.812 bits per heavy atom. The summed E-state index contributed by atoms with van der Waals surface area (Å²) < 4.78 is 93.3. The molecule has 0 spiro atoms. The van der Waals surface area contributed by atoms with Crippen LogP contribution in [-0.4, -0.2) is 121 Å². The normalized spacial score (nSPS) is 20.8. The first-order chi connectivity index (χ1) is 32.8. The zero-order valence-electron chi connectivity index (χ0n) is 40.5. The summed E-state index contributed by atoms with van der Waals surface area (Å²) in [7, 11) is -7.14. The molecule has 1 unspecified atom stereocenters. The maximum atomic E-state index is 12.6. The molecule has 6 rings (SSSR count). The number of benzene rings is 2. The number of unbranched alkanes of at least 4 members (excludes halogenated alkanes) is 2. The molecule has 2 aromatic carbocycles. The summed E-state index contributed by atoms with van der Waals surface area (Å²) in [4.78, 5) is 26.3. The summed E-state index contributed by atoms with van der Waals surface area (Å²) in [5.41, 5.74) is 3.83. The first-order valence-electron chi connectivity index (χ1n) is 23.8. The average molecular weight is 993 g/mol. The Hall–Kier alpha value is -4.87. The SMILES string of the molecule is C[N+]1=C(/C=C/C=C/C=C2/N(CCCCCC(=O)NCCOCCOCCOCCNC(=O)OCC3[C@H]4CCC#CCC[C@@H]34)c3ccc(S(=O)(=O)O)cc3C2(C)C)C(C)(C)c2cc(S(=O)(=O)[O-])ccc21. The molecule has 0 aromatic heterocycles. The number of fused-ring (bicyclic) bond motifs is 3. The van der Waals surface area contributed by atoms with Gasteiger partial charge in [0.1, 0.15) is 17.2 Å². The van der Waals surface area contributed by atoms with E-state index in [1.807, 2.05) is 69.7 Å². The summed E-state index contributed by atoms with van der Waals surface area (Å²) in [5, 5.41) is 5.62. The van der Waals surface area contributed by atoms with Crippen molar-refractivity contribution in [3.05, 3.63) is 83.6 Å². The van der Waals surface area contributed by atoms with Crippen LogP contribution in [0.1, 0.15) is 90.2 Å². The van der Waals surface area contributed by atoms with Crippen LogP contribution in [0.3, 0.4) is 0 Å². The highest BCUT2D eigenvalue weighted by Crippen LogP contribution is 2.52.